The number of rotatable bonds is 7. The number of amides is 1. The number of unbranched alkanes of at least 4 members (excludes halogenated alkanes) is 2. The fourth-order valence-electron chi connectivity index (χ4n) is 3.44. The van der Waals surface area contributed by atoms with E-state index >= 15 is 0 Å². The molecule has 0 atom stereocenters. The number of carbonyl (C=O) groups is 1. The van der Waals surface area contributed by atoms with Crippen LogP contribution >= 0.6 is 11.6 Å². The molecule has 0 fully saturated rings. The van der Waals surface area contributed by atoms with Crippen molar-refractivity contribution in [2.45, 2.75) is 39.7 Å². The number of hydrogen-bond donors (Lipinski definition) is 1. The number of halogens is 1. The van der Waals surface area contributed by atoms with E-state index in [1.165, 1.54) is 6.07 Å². The second-order valence-electron chi connectivity index (χ2n) is 7.03. The highest BCUT2D eigenvalue weighted by molar-refractivity contribution is 6.33. The van der Waals surface area contributed by atoms with Crippen LogP contribution < -0.4 is 10.7 Å². The third kappa shape index (κ3) is 4.77. The molecule has 0 saturated carbocycles. The number of pyridine rings is 1. The first-order valence-corrected chi connectivity index (χ1v) is 10.3. The van der Waals surface area contributed by atoms with Gasteiger partial charge in [0.1, 0.15) is 5.56 Å². The number of nitrogens with one attached hydrogen (secondary N) is 1. The lowest BCUT2D eigenvalue weighted by molar-refractivity contribution is 0.102. The number of aryl methyl sites for hydroxylation is 1. The van der Waals surface area contributed by atoms with Crippen LogP contribution in [0.5, 0.6) is 0 Å². The summed E-state index contributed by atoms with van der Waals surface area (Å²) in [5.74, 6) is -0.430. The fraction of sp³-hybridized carbons (Fsp3) is 0.250. The molecule has 0 spiro atoms. The van der Waals surface area contributed by atoms with Crippen LogP contribution in [0.2, 0.25) is 5.02 Å². The van der Waals surface area contributed by atoms with Crippen molar-refractivity contribution in [3.63, 3.8) is 0 Å². The van der Waals surface area contributed by atoms with Crippen LogP contribution in [0.15, 0.2) is 65.5 Å². The van der Waals surface area contributed by atoms with Gasteiger partial charge in [0.25, 0.3) is 5.91 Å². The predicted octanol–water partition coefficient (Wildman–Crippen LogP) is 5.92. The van der Waals surface area contributed by atoms with Crippen LogP contribution in [-0.2, 0) is 6.54 Å². The number of nitrogens with zero attached hydrogens (tertiary/aromatic N) is 1. The maximum absolute atomic E-state index is 13.2. The Morgan fingerprint density at radius 1 is 1.03 bits per heavy atom. The molecule has 0 saturated heterocycles. The van der Waals surface area contributed by atoms with Gasteiger partial charge in [0.15, 0.2) is 5.43 Å². The molecule has 0 bridgehead atoms. The summed E-state index contributed by atoms with van der Waals surface area (Å²) >= 11 is 6.49. The first-order chi connectivity index (χ1) is 14.0. The molecule has 0 aliphatic heterocycles. The molecule has 150 valence electrons. The van der Waals surface area contributed by atoms with Crippen molar-refractivity contribution in [3.05, 3.63) is 87.2 Å². The van der Waals surface area contributed by atoms with Gasteiger partial charge in [-0.15, -0.1) is 0 Å². The smallest absolute Gasteiger partial charge is 0.261 e. The Morgan fingerprint density at radius 2 is 1.72 bits per heavy atom. The minimum atomic E-state index is -0.430. The van der Waals surface area contributed by atoms with Gasteiger partial charge in [-0.25, -0.2) is 0 Å². The lowest BCUT2D eigenvalue weighted by atomic mass is 10.0. The largest absolute Gasteiger partial charge is 0.344 e. The Kier molecular flexibility index (Phi) is 6.89. The molecule has 0 unspecified atom stereocenters. The van der Waals surface area contributed by atoms with E-state index in [1.54, 1.807) is 18.2 Å². The van der Waals surface area contributed by atoms with Gasteiger partial charge in [0.2, 0.25) is 0 Å². The zero-order chi connectivity index (χ0) is 20.8. The van der Waals surface area contributed by atoms with Crippen LogP contribution in [0, 0.1) is 6.92 Å². The topological polar surface area (TPSA) is 51.1 Å². The summed E-state index contributed by atoms with van der Waals surface area (Å²) in [6, 6.07) is 18.0. The quantitative estimate of drug-likeness (QED) is 0.493. The summed E-state index contributed by atoms with van der Waals surface area (Å²) in [5.41, 5.74) is 2.52. The lowest BCUT2D eigenvalue weighted by Crippen LogP contribution is -2.26. The molecule has 2 aromatic carbocycles. The van der Waals surface area contributed by atoms with E-state index in [4.69, 9.17) is 11.6 Å². The maximum Gasteiger partial charge on any atom is 0.261 e. The Hall–Kier alpha value is -2.85. The van der Waals surface area contributed by atoms with E-state index in [0.717, 1.165) is 25.0 Å². The van der Waals surface area contributed by atoms with Gasteiger partial charge in [0.05, 0.1) is 5.69 Å². The average molecular weight is 409 g/mol. The molecule has 1 heterocycles. The Labute approximate surface area is 176 Å². The van der Waals surface area contributed by atoms with Gasteiger partial charge in [-0.2, -0.15) is 0 Å². The zero-order valence-electron chi connectivity index (χ0n) is 16.7. The van der Waals surface area contributed by atoms with E-state index < -0.39 is 5.91 Å². The summed E-state index contributed by atoms with van der Waals surface area (Å²) in [5, 5.41) is 3.36. The molecule has 29 heavy (non-hydrogen) atoms. The normalized spacial score (nSPS) is 10.7. The fourth-order valence-corrected chi connectivity index (χ4v) is 3.67. The number of anilines is 1. The highest BCUT2D eigenvalue weighted by Crippen LogP contribution is 2.31. The predicted molar refractivity (Wildman–Crippen MR) is 120 cm³/mol. The average Bonchev–Trinajstić information content (AvgIpc) is 2.70. The Balaban J connectivity index is 2.18. The van der Waals surface area contributed by atoms with Crippen LogP contribution in [0.3, 0.4) is 0 Å². The van der Waals surface area contributed by atoms with E-state index in [1.807, 2.05) is 47.9 Å². The second kappa shape index (κ2) is 9.57. The van der Waals surface area contributed by atoms with Crippen molar-refractivity contribution in [2.75, 3.05) is 5.32 Å². The summed E-state index contributed by atoms with van der Waals surface area (Å²) in [7, 11) is 0. The molecule has 0 radical (unpaired) electrons. The van der Waals surface area contributed by atoms with Crippen LogP contribution in [-0.4, -0.2) is 10.5 Å². The van der Waals surface area contributed by atoms with Crippen LogP contribution in [0.4, 0.5) is 5.69 Å². The number of hydrogen-bond acceptors (Lipinski definition) is 2. The van der Waals surface area contributed by atoms with E-state index in [-0.39, 0.29) is 11.0 Å². The van der Waals surface area contributed by atoms with Crippen molar-refractivity contribution in [1.29, 1.82) is 0 Å². The van der Waals surface area contributed by atoms with Gasteiger partial charge in [-0.05, 0) is 31.5 Å². The first-order valence-electron chi connectivity index (χ1n) is 9.88. The summed E-state index contributed by atoms with van der Waals surface area (Å²) in [6.45, 7) is 4.75. The van der Waals surface area contributed by atoms with Crippen LogP contribution in [0.25, 0.3) is 11.3 Å². The number of benzene rings is 2. The first kappa shape index (κ1) is 20.9. The summed E-state index contributed by atoms with van der Waals surface area (Å²) in [4.78, 5) is 26.1. The third-order valence-electron chi connectivity index (χ3n) is 4.89. The van der Waals surface area contributed by atoms with E-state index in [9.17, 15) is 9.59 Å². The Morgan fingerprint density at radius 3 is 2.41 bits per heavy atom. The third-order valence-corrected chi connectivity index (χ3v) is 5.22. The van der Waals surface area contributed by atoms with Crippen molar-refractivity contribution in [3.8, 4) is 11.3 Å². The number of aromatic nitrogens is 1. The molecule has 1 aromatic heterocycles. The molecule has 3 rings (SSSR count). The minimum Gasteiger partial charge on any atom is -0.344 e. The van der Waals surface area contributed by atoms with Crippen LogP contribution in [0.1, 0.15) is 42.2 Å². The molecule has 1 amide bonds. The van der Waals surface area contributed by atoms with Crippen molar-refractivity contribution >= 4 is 23.2 Å². The molecular formula is C24H25ClN2O2. The number of carbonyl (C=O) groups excluding carboxylic acids is 1. The highest BCUT2D eigenvalue weighted by Gasteiger charge is 2.23. The van der Waals surface area contributed by atoms with Gasteiger partial charge >= 0.3 is 0 Å². The maximum atomic E-state index is 13.2. The monoisotopic (exact) mass is 408 g/mol. The Bertz CT molecular complexity index is 1060. The minimum absolute atomic E-state index is 0.115. The molecule has 3 aromatic rings. The van der Waals surface area contributed by atoms with Crippen molar-refractivity contribution < 1.29 is 4.79 Å². The van der Waals surface area contributed by atoms with Gasteiger partial charge in [0, 0.05) is 34.6 Å². The molecular weight excluding hydrogens is 384 g/mol. The summed E-state index contributed by atoms with van der Waals surface area (Å²) < 4.78 is 2.04. The van der Waals surface area contributed by atoms with Gasteiger partial charge < -0.3 is 9.88 Å². The molecule has 1 N–H and O–H groups in total. The standard InChI is InChI=1S/C24H25ClN2O2/c1-3-4-10-15-27-17(2)16-21(28)22(23(27)19-13-8-9-14-20(19)25)24(29)26-18-11-6-5-7-12-18/h5-9,11-14,16H,3-4,10,15H2,1-2H3,(H,26,29). The molecule has 0 aliphatic carbocycles. The van der Waals surface area contributed by atoms with Crippen molar-refractivity contribution in [2.24, 2.45) is 0 Å². The molecule has 5 heteroatoms. The van der Waals surface area contributed by atoms with E-state index in [0.29, 0.717) is 28.5 Å². The molecule has 4 nitrogen and oxygen atoms in total. The summed E-state index contributed by atoms with van der Waals surface area (Å²) in [6.07, 6.45) is 3.11. The molecule has 0 aliphatic rings. The lowest BCUT2D eigenvalue weighted by Gasteiger charge is -2.21. The van der Waals surface area contributed by atoms with Gasteiger partial charge in [-0.1, -0.05) is 67.8 Å². The van der Waals surface area contributed by atoms with Gasteiger partial charge in [-0.3, -0.25) is 9.59 Å². The SMILES string of the molecule is CCCCCn1c(C)cc(=O)c(C(=O)Nc2ccccc2)c1-c1ccccc1Cl. The van der Waals surface area contributed by atoms with E-state index in [2.05, 4.69) is 12.2 Å². The van der Waals surface area contributed by atoms with Crippen molar-refractivity contribution in [1.82, 2.24) is 4.57 Å². The number of para-hydroxylation sites is 1. The second-order valence-corrected chi connectivity index (χ2v) is 7.44. The zero-order valence-corrected chi connectivity index (χ0v) is 17.5. The highest BCUT2D eigenvalue weighted by atomic mass is 35.5.